The van der Waals surface area contributed by atoms with Gasteiger partial charge in [-0.15, -0.1) is 0 Å². The molecule has 1 aromatic carbocycles. The molecule has 1 aromatic rings. The molecule has 0 radical (unpaired) electrons. The summed E-state index contributed by atoms with van der Waals surface area (Å²) in [5, 5.41) is 13.4. The molecule has 0 aromatic heterocycles. The van der Waals surface area contributed by atoms with E-state index in [1.54, 1.807) is 0 Å². The lowest BCUT2D eigenvalue weighted by molar-refractivity contribution is 0.106. The number of aliphatic hydroxyl groups is 1. The summed E-state index contributed by atoms with van der Waals surface area (Å²) in [7, 11) is 0. The van der Waals surface area contributed by atoms with Crippen LogP contribution in [0.2, 0.25) is 0 Å². The first kappa shape index (κ1) is 13.9. The highest BCUT2D eigenvalue weighted by atomic mass is 79.9. The highest BCUT2D eigenvalue weighted by Crippen LogP contribution is 2.38. The van der Waals surface area contributed by atoms with Crippen molar-refractivity contribution in [3.05, 3.63) is 28.7 Å². The molecule has 3 atom stereocenters. The van der Waals surface area contributed by atoms with Crippen molar-refractivity contribution in [3.8, 4) is 0 Å². The Bertz CT molecular complexity index is 392. The third kappa shape index (κ3) is 2.89. The summed E-state index contributed by atoms with van der Waals surface area (Å²) in [6, 6.07) is 8.19. The number of benzene rings is 1. The van der Waals surface area contributed by atoms with E-state index >= 15 is 0 Å². The SMILES string of the molecule is CC1CCC(CO)(Nc2ccc(Br)cc2)C(C)C1. The number of nitrogens with one attached hydrogen (secondary N) is 1. The third-order valence-corrected chi connectivity index (χ3v) is 4.83. The highest BCUT2D eigenvalue weighted by molar-refractivity contribution is 9.10. The fourth-order valence-corrected chi connectivity index (χ4v) is 3.24. The summed E-state index contributed by atoms with van der Waals surface area (Å²) >= 11 is 3.44. The fraction of sp³-hybridized carbons (Fsp3) is 0.600. The van der Waals surface area contributed by atoms with E-state index in [-0.39, 0.29) is 12.1 Å². The summed E-state index contributed by atoms with van der Waals surface area (Å²) < 4.78 is 1.08. The van der Waals surface area contributed by atoms with Crippen molar-refractivity contribution >= 4 is 21.6 Å². The molecule has 0 saturated heterocycles. The molecule has 18 heavy (non-hydrogen) atoms. The van der Waals surface area contributed by atoms with Gasteiger partial charge in [0.25, 0.3) is 0 Å². The van der Waals surface area contributed by atoms with E-state index in [9.17, 15) is 5.11 Å². The van der Waals surface area contributed by atoms with Crippen LogP contribution in [0.25, 0.3) is 0 Å². The lowest BCUT2D eigenvalue weighted by Gasteiger charge is -2.45. The van der Waals surface area contributed by atoms with Crippen LogP contribution in [-0.2, 0) is 0 Å². The maximum Gasteiger partial charge on any atom is 0.0664 e. The Labute approximate surface area is 118 Å². The highest BCUT2D eigenvalue weighted by Gasteiger charge is 2.39. The van der Waals surface area contributed by atoms with E-state index < -0.39 is 0 Å². The van der Waals surface area contributed by atoms with Gasteiger partial charge in [0.15, 0.2) is 0 Å². The van der Waals surface area contributed by atoms with Gasteiger partial charge in [0.2, 0.25) is 0 Å². The van der Waals surface area contributed by atoms with Crippen LogP contribution in [0.15, 0.2) is 28.7 Å². The molecular formula is C15H22BrNO. The summed E-state index contributed by atoms with van der Waals surface area (Å²) in [6.07, 6.45) is 3.42. The number of anilines is 1. The van der Waals surface area contributed by atoms with Crippen molar-refractivity contribution < 1.29 is 5.11 Å². The van der Waals surface area contributed by atoms with Crippen molar-refractivity contribution in [1.82, 2.24) is 0 Å². The first-order valence-electron chi connectivity index (χ1n) is 6.70. The molecule has 2 N–H and O–H groups in total. The molecule has 0 aliphatic heterocycles. The zero-order chi connectivity index (χ0) is 13.2. The van der Waals surface area contributed by atoms with Gasteiger partial charge in [0.1, 0.15) is 0 Å². The van der Waals surface area contributed by atoms with Crippen LogP contribution >= 0.6 is 15.9 Å². The summed E-state index contributed by atoms with van der Waals surface area (Å²) in [5.41, 5.74) is 0.939. The second-order valence-corrected chi connectivity index (χ2v) is 6.64. The number of hydrogen-bond acceptors (Lipinski definition) is 2. The van der Waals surface area contributed by atoms with E-state index in [0.29, 0.717) is 5.92 Å². The van der Waals surface area contributed by atoms with Gasteiger partial charge >= 0.3 is 0 Å². The number of aliphatic hydroxyl groups excluding tert-OH is 1. The molecule has 1 aliphatic carbocycles. The summed E-state index contributed by atoms with van der Waals surface area (Å²) in [4.78, 5) is 0. The lowest BCUT2D eigenvalue weighted by Crippen LogP contribution is -2.51. The fourth-order valence-electron chi connectivity index (χ4n) is 2.98. The maximum absolute atomic E-state index is 9.84. The molecule has 0 bridgehead atoms. The Hall–Kier alpha value is -0.540. The van der Waals surface area contributed by atoms with E-state index in [1.165, 1.54) is 12.8 Å². The predicted octanol–water partition coefficient (Wildman–Crippen LogP) is 4.05. The van der Waals surface area contributed by atoms with Crippen LogP contribution in [0, 0.1) is 11.8 Å². The summed E-state index contributed by atoms with van der Waals surface area (Å²) in [5.74, 6) is 1.27. The number of rotatable bonds is 3. The van der Waals surface area contributed by atoms with E-state index in [0.717, 1.165) is 22.5 Å². The second kappa shape index (κ2) is 5.62. The van der Waals surface area contributed by atoms with Crippen LogP contribution in [0.3, 0.4) is 0 Å². The topological polar surface area (TPSA) is 32.3 Å². The Morgan fingerprint density at radius 1 is 1.33 bits per heavy atom. The van der Waals surface area contributed by atoms with Crippen LogP contribution < -0.4 is 5.32 Å². The van der Waals surface area contributed by atoms with Gasteiger partial charge in [-0.1, -0.05) is 29.8 Å². The average Bonchev–Trinajstić information content (AvgIpc) is 2.36. The zero-order valence-electron chi connectivity index (χ0n) is 11.1. The Morgan fingerprint density at radius 2 is 2.00 bits per heavy atom. The van der Waals surface area contributed by atoms with Gasteiger partial charge in [-0.25, -0.2) is 0 Å². The van der Waals surface area contributed by atoms with Crippen molar-refractivity contribution in [2.45, 2.75) is 38.6 Å². The Kier molecular flexibility index (Phi) is 4.33. The standard InChI is InChI=1S/C15H22BrNO/c1-11-7-8-15(10-18,12(2)9-11)17-14-5-3-13(16)4-6-14/h3-6,11-12,17-18H,7-10H2,1-2H3. The number of hydrogen-bond donors (Lipinski definition) is 2. The van der Waals surface area contributed by atoms with Crippen molar-refractivity contribution in [1.29, 1.82) is 0 Å². The van der Waals surface area contributed by atoms with Crippen LogP contribution in [0.1, 0.15) is 33.1 Å². The van der Waals surface area contributed by atoms with Gasteiger partial charge < -0.3 is 10.4 Å². The Balaban J connectivity index is 2.15. The monoisotopic (exact) mass is 311 g/mol. The number of halogens is 1. The first-order valence-corrected chi connectivity index (χ1v) is 7.49. The van der Waals surface area contributed by atoms with Crippen molar-refractivity contribution in [2.24, 2.45) is 11.8 Å². The van der Waals surface area contributed by atoms with Crippen LogP contribution in [0.4, 0.5) is 5.69 Å². The molecule has 1 saturated carbocycles. The van der Waals surface area contributed by atoms with Crippen LogP contribution in [-0.4, -0.2) is 17.3 Å². The molecular weight excluding hydrogens is 290 g/mol. The minimum absolute atomic E-state index is 0.152. The van der Waals surface area contributed by atoms with E-state index in [1.807, 2.05) is 12.1 Å². The van der Waals surface area contributed by atoms with Gasteiger partial charge in [-0.3, -0.25) is 0 Å². The minimum atomic E-state index is -0.152. The van der Waals surface area contributed by atoms with Gasteiger partial charge in [0.05, 0.1) is 12.1 Å². The third-order valence-electron chi connectivity index (χ3n) is 4.30. The van der Waals surface area contributed by atoms with Crippen LogP contribution in [0.5, 0.6) is 0 Å². The minimum Gasteiger partial charge on any atom is -0.394 e. The molecule has 3 unspecified atom stereocenters. The second-order valence-electron chi connectivity index (χ2n) is 5.73. The molecule has 2 nitrogen and oxygen atoms in total. The Morgan fingerprint density at radius 3 is 2.56 bits per heavy atom. The van der Waals surface area contributed by atoms with Crippen molar-refractivity contribution in [2.75, 3.05) is 11.9 Å². The first-order chi connectivity index (χ1) is 8.55. The molecule has 1 aliphatic rings. The zero-order valence-corrected chi connectivity index (χ0v) is 12.7. The molecule has 100 valence electrons. The predicted molar refractivity (Wildman–Crippen MR) is 79.8 cm³/mol. The molecule has 3 heteroatoms. The quantitative estimate of drug-likeness (QED) is 0.882. The molecule has 0 amide bonds. The van der Waals surface area contributed by atoms with Crippen molar-refractivity contribution in [3.63, 3.8) is 0 Å². The lowest BCUT2D eigenvalue weighted by atomic mass is 9.70. The van der Waals surface area contributed by atoms with Gasteiger partial charge in [-0.05, 0) is 55.4 Å². The maximum atomic E-state index is 9.84. The molecule has 2 rings (SSSR count). The smallest absolute Gasteiger partial charge is 0.0664 e. The van der Waals surface area contributed by atoms with Gasteiger partial charge in [0, 0.05) is 10.2 Å². The van der Waals surface area contributed by atoms with E-state index in [4.69, 9.17) is 0 Å². The van der Waals surface area contributed by atoms with E-state index in [2.05, 4.69) is 47.2 Å². The molecule has 0 spiro atoms. The average molecular weight is 312 g/mol. The largest absolute Gasteiger partial charge is 0.394 e. The molecule has 0 heterocycles. The normalized spacial score (nSPS) is 32.2. The summed E-state index contributed by atoms with van der Waals surface area (Å²) in [6.45, 7) is 4.76. The molecule has 1 fully saturated rings. The van der Waals surface area contributed by atoms with Gasteiger partial charge in [-0.2, -0.15) is 0 Å².